The molecule has 12 heterocycles. The molecule has 99 heavy (non-hydrogen) atoms. The fourth-order valence-electron chi connectivity index (χ4n) is 13.3. The van der Waals surface area contributed by atoms with Crippen LogP contribution in [0.25, 0.3) is 56.1 Å². The van der Waals surface area contributed by atoms with E-state index in [2.05, 4.69) is 46.4 Å². The van der Waals surface area contributed by atoms with E-state index in [1.807, 2.05) is 94.1 Å². The smallest absolute Gasteiger partial charge is 0.290 e. The molecule has 8 aromatic heterocycles. The number of carbonyl (C=O) groups is 3. The second-order valence-electron chi connectivity index (χ2n) is 25.0. The van der Waals surface area contributed by atoms with Gasteiger partial charge in [-0.05, 0) is 136 Å². The Morgan fingerprint density at radius 1 is 0.576 bits per heavy atom. The first-order valence-electron chi connectivity index (χ1n) is 33.0. The minimum absolute atomic E-state index is 0.203. The van der Waals surface area contributed by atoms with Crippen molar-refractivity contribution in [3.05, 3.63) is 143 Å². The van der Waals surface area contributed by atoms with Crippen LogP contribution < -0.4 is 30.2 Å². The highest BCUT2D eigenvalue weighted by molar-refractivity contribution is 7.17. The number of rotatable bonds is 18. The Bertz CT molecular complexity index is 4310. The SMILES string of the molecule is CCc1nc2ccc(-c3cnc(N4CCC(CC(=O)[C@H]5C[C@H](O)CN5)CC4)nc3)cn2c1N(C)c1nc(-c2ccc(F)cc2)c(C#N)s1.CCc1nc2ccc(-c3cnc(N4CCC(CC(=O)[C@H]5C[C@H](O)CN5)CC4)nc3)cn2c1N(C)c1nc(-c2ccc(F)cc2)c(C#N)s1.O=CO. The second kappa shape index (κ2) is 30.8. The van der Waals surface area contributed by atoms with E-state index in [1.165, 1.54) is 46.9 Å². The van der Waals surface area contributed by atoms with Crippen molar-refractivity contribution in [2.75, 3.05) is 73.0 Å². The average molecular weight is 1380 g/mol. The number of nitrogens with zero attached hydrogens (tertiary/aromatic N) is 16. The Kier molecular flexibility index (Phi) is 21.4. The number of thiazole rings is 2. The number of aryl methyl sites for hydroxylation is 2. The van der Waals surface area contributed by atoms with Crippen LogP contribution in [-0.4, -0.2) is 160 Å². The first kappa shape index (κ1) is 68.9. The fraction of sp³-hybridized carbons (Fsp3) is 0.366. The van der Waals surface area contributed by atoms with Gasteiger partial charge < -0.3 is 45.6 Å². The third kappa shape index (κ3) is 15.3. The van der Waals surface area contributed by atoms with Crippen molar-refractivity contribution in [1.29, 1.82) is 10.5 Å². The van der Waals surface area contributed by atoms with Crippen LogP contribution in [0.1, 0.15) is 86.4 Å². The highest BCUT2D eigenvalue weighted by Crippen LogP contribution is 2.40. The molecular formula is C71H74F2N18O6S2. The Labute approximate surface area is 578 Å². The molecule has 0 radical (unpaired) electrons. The van der Waals surface area contributed by atoms with E-state index >= 15 is 0 Å². The summed E-state index contributed by atoms with van der Waals surface area (Å²) in [7, 11) is 3.83. The van der Waals surface area contributed by atoms with Crippen LogP contribution >= 0.6 is 22.7 Å². The van der Waals surface area contributed by atoms with Crippen molar-refractivity contribution in [2.45, 2.75) is 102 Å². The molecular weight excluding hydrogens is 1300 g/mol. The lowest BCUT2D eigenvalue weighted by molar-refractivity contribution is -0.123. The lowest BCUT2D eigenvalue weighted by Gasteiger charge is -2.32. The molecule has 4 aliphatic rings. The van der Waals surface area contributed by atoms with Gasteiger partial charge in [-0.25, -0.2) is 48.7 Å². The summed E-state index contributed by atoms with van der Waals surface area (Å²) in [6.07, 6.45) is 17.7. The third-order valence-corrected chi connectivity index (χ3v) is 20.7. The number of anilines is 6. The number of imidazole rings is 2. The van der Waals surface area contributed by atoms with Crippen LogP contribution in [0.2, 0.25) is 0 Å². The number of benzene rings is 2. The number of aliphatic hydroxyl groups excluding tert-OH is 2. The molecule has 4 fully saturated rings. The molecule has 4 aliphatic heterocycles. The largest absolute Gasteiger partial charge is 0.483 e. The van der Waals surface area contributed by atoms with Gasteiger partial charge in [0.1, 0.15) is 79.4 Å². The lowest BCUT2D eigenvalue weighted by Crippen LogP contribution is -2.37. The number of aromatic nitrogens is 10. The first-order chi connectivity index (χ1) is 48.0. The number of pyridine rings is 2. The zero-order chi connectivity index (χ0) is 69.4. The van der Waals surface area contributed by atoms with Crippen molar-refractivity contribution in [2.24, 2.45) is 11.8 Å². The minimum atomic E-state index is -0.425. The molecule has 24 nitrogen and oxygen atoms in total. The van der Waals surface area contributed by atoms with E-state index in [9.17, 15) is 39.1 Å². The molecule has 4 atom stereocenters. The van der Waals surface area contributed by atoms with Crippen LogP contribution in [0.4, 0.5) is 42.6 Å². The molecule has 5 N–H and O–H groups in total. The molecule has 2 aromatic carbocycles. The van der Waals surface area contributed by atoms with E-state index in [0.29, 0.717) is 118 Å². The van der Waals surface area contributed by atoms with Crippen molar-refractivity contribution in [1.82, 2.24) is 59.3 Å². The Hall–Kier alpha value is -10.1. The van der Waals surface area contributed by atoms with Gasteiger partial charge in [0.15, 0.2) is 10.3 Å². The Balaban J connectivity index is 0.000000181. The van der Waals surface area contributed by atoms with E-state index in [0.717, 1.165) is 108 Å². The number of piperidine rings is 2. The maximum atomic E-state index is 13.6. The van der Waals surface area contributed by atoms with Crippen molar-refractivity contribution < 1.29 is 38.5 Å². The number of carboxylic acid groups (broad SMARTS) is 1. The van der Waals surface area contributed by atoms with Crippen LogP contribution in [0, 0.1) is 46.1 Å². The van der Waals surface area contributed by atoms with E-state index in [-0.39, 0.29) is 41.8 Å². The number of ketones is 2. The van der Waals surface area contributed by atoms with Gasteiger partial charge in [0.2, 0.25) is 11.9 Å². The summed E-state index contributed by atoms with van der Waals surface area (Å²) in [6, 6.07) is 24.0. The predicted molar refractivity (Wildman–Crippen MR) is 374 cm³/mol. The van der Waals surface area contributed by atoms with Crippen LogP contribution in [0.3, 0.4) is 0 Å². The number of aliphatic hydroxyl groups is 2. The molecule has 0 aliphatic carbocycles. The monoisotopic (exact) mass is 1380 g/mol. The number of β-amino-alcohol motifs (C(OH)–C–C–N with tert-alkyl or cyclic N) is 2. The zero-order valence-corrected chi connectivity index (χ0v) is 56.7. The standard InChI is InChI=1S/2C35H36FN9O2S.CH2O2/c2*1-3-27-33(43(2)35-42-32(30(16-37)48-35)22-4-7-25(36)8-5-22)45-20-23(6-9-31(45)41-27)24-17-39-34(40-18-24)44-12-10-21(11-13-44)14-29(47)28-15-26(46)19-38-28;2-1-3/h2*4-9,17-18,20-21,26,28,38,46H,3,10-15,19H2,1-2H3;1H,(H,2,3)/t2*26-,28+;/m00./s1. The zero-order valence-electron chi connectivity index (χ0n) is 55.0. The predicted octanol–water partition coefficient (Wildman–Crippen LogP) is 10.0. The number of hydrogen-bond donors (Lipinski definition) is 5. The summed E-state index contributed by atoms with van der Waals surface area (Å²) in [5.41, 5.74) is 9.34. The molecule has 0 unspecified atom stereocenters. The summed E-state index contributed by atoms with van der Waals surface area (Å²) >= 11 is 2.56. The van der Waals surface area contributed by atoms with Crippen molar-refractivity contribution in [3.8, 4) is 56.9 Å². The number of carbonyl (C=O) groups excluding carboxylic acids is 2. The molecule has 14 rings (SSSR count). The van der Waals surface area contributed by atoms with E-state index in [4.69, 9.17) is 49.8 Å². The van der Waals surface area contributed by atoms with Crippen LogP contribution in [-0.2, 0) is 27.2 Å². The molecule has 510 valence electrons. The number of nitriles is 2. The van der Waals surface area contributed by atoms with Gasteiger partial charge in [-0.2, -0.15) is 10.5 Å². The molecule has 0 spiro atoms. The summed E-state index contributed by atoms with van der Waals surface area (Å²) in [5.74, 6) is 3.43. The van der Waals surface area contributed by atoms with Crippen LogP contribution in [0.15, 0.2) is 110 Å². The lowest BCUT2D eigenvalue weighted by atomic mass is 9.89. The minimum Gasteiger partial charge on any atom is -0.483 e. The molecule has 4 saturated heterocycles. The summed E-state index contributed by atoms with van der Waals surface area (Å²) in [5, 5.41) is 53.6. The normalized spacial score (nSPS) is 17.9. The highest BCUT2D eigenvalue weighted by atomic mass is 32.1. The molecule has 28 heteroatoms. The first-order valence-corrected chi connectivity index (χ1v) is 34.6. The molecule has 0 amide bonds. The van der Waals surface area contributed by atoms with Gasteiger partial charge in [-0.3, -0.25) is 23.2 Å². The third-order valence-electron chi connectivity index (χ3n) is 18.6. The number of Topliss-reactive ketones (excluding diaryl/α,β-unsaturated/α-hetero) is 2. The molecule has 10 aromatic rings. The summed E-state index contributed by atoms with van der Waals surface area (Å²) in [6.45, 7) is 8.02. The average Bonchev–Trinajstić information content (AvgIpc) is 1.62. The van der Waals surface area contributed by atoms with Crippen molar-refractivity contribution >= 4 is 85.8 Å². The fourth-order valence-corrected chi connectivity index (χ4v) is 14.9. The van der Waals surface area contributed by atoms with Gasteiger partial charge in [-0.15, -0.1) is 0 Å². The van der Waals surface area contributed by atoms with Gasteiger partial charge in [-0.1, -0.05) is 36.5 Å². The summed E-state index contributed by atoms with van der Waals surface area (Å²) in [4.78, 5) is 81.0. The Morgan fingerprint density at radius 3 is 1.25 bits per heavy atom. The molecule has 0 bridgehead atoms. The van der Waals surface area contributed by atoms with Crippen molar-refractivity contribution in [3.63, 3.8) is 0 Å². The number of halogens is 2. The van der Waals surface area contributed by atoms with Gasteiger partial charge in [0.05, 0.1) is 35.7 Å². The molecule has 0 saturated carbocycles. The van der Waals surface area contributed by atoms with E-state index < -0.39 is 12.2 Å². The van der Waals surface area contributed by atoms with Gasteiger partial charge >= 0.3 is 0 Å². The number of fused-ring (bicyclic) bond motifs is 2. The maximum absolute atomic E-state index is 13.6. The van der Waals surface area contributed by atoms with Crippen LogP contribution in [0.5, 0.6) is 0 Å². The summed E-state index contributed by atoms with van der Waals surface area (Å²) < 4.78 is 31.2. The quantitative estimate of drug-likeness (QED) is 0.0499. The second-order valence-corrected chi connectivity index (χ2v) is 27.0. The maximum Gasteiger partial charge on any atom is 0.290 e. The van der Waals surface area contributed by atoms with Gasteiger partial charge in [0.25, 0.3) is 6.47 Å². The topological polar surface area (TPSA) is 308 Å². The van der Waals surface area contributed by atoms with Gasteiger partial charge in [0, 0.05) is 137 Å². The number of hydrogen-bond acceptors (Lipinski definition) is 23. The highest BCUT2D eigenvalue weighted by Gasteiger charge is 2.34. The van der Waals surface area contributed by atoms with E-state index in [1.54, 1.807) is 24.3 Å². The number of nitrogens with one attached hydrogen (secondary N) is 2. The Morgan fingerprint density at radius 2 is 0.929 bits per heavy atom.